The highest BCUT2D eigenvalue weighted by molar-refractivity contribution is 5.93. The van der Waals surface area contributed by atoms with Gasteiger partial charge < -0.3 is 10.2 Å². The van der Waals surface area contributed by atoms with E-state index < -0.39 is 0 Å². The van der Waals surface area contributed by atoms with Crippen molar-refractivity contribution in [1.29, 1.82) is 0 Å². The fourth-order valence-electron chi connectivity index (χ4n) is 0.812. The van der Waals surface area contributed by atoms with E-state index in [-0.39, 0.29) is 5.78 Å². The SMILES string of the molecule is CCC(=O)c1ccc(CN)o1. The van der Waals surface area contributed by atoms with Crippen molar-refractivity contribution >= 4 is 5.78 Å². The highest BCUT2D eigenvalue weighted by Gasteiger charge is 2.06. The Morgan fingerprint density at radius 2 is 2.36 bits per heavy atom. The molecule has 1 heterocycles. The molecule has 0 amide bonds. The van der Waals surface area contributed by atoms with Gasteiger partial charge >= 0.3 is 0 Å². The van der Waals surface area contributed by atoms with Crippen LogP contribution in [-0.2, 0) is 6.54 Å². The predicted molar refractivity (Wildman–Crippen MR) is 41.2 cm³/mol. The monoisotopic (exact) mass is 153 g/mol. The first-order chi connectivity index (χ1) is 5.27. The maximum atomic E-state index is 11.0. The van der Waals surface area contributed by atoms with E-state index in [1.807, 2.05) is 0 Å². The maximum Gasteiger partial charge on any atom is 0.197 e. The van der Waals surface area contributed by atoms with Crippen molar-refractivity contribution in [2.24, 2.45) is 5.73 Å². The summed E-state index contributed by atoms with van der Waals surface area (Å²) in [7, 11) is 0. The number of hydrogen-bond donors (Lipinski definition) is 1. The van der Waals surface area contributed by atoms with Crippen molar-refractivity contribution in [3.8, 4) is 0 Å². The molecule has 3 heteroatoms. The number of hydrogen-bond acceptors (Lipinski definition) is 3. The third-order valence-corrected chi connectivity index (χ3v) is 1.46. The van der Waals surface area contributed by atoms with E-state index in [1.54, 1.807) is 19.1 Å². The second-order valence-corrected chi connectivity index (χ2v) is 2.25. The van der Waals surface area contributed by atoms with Crippen LogP contribution in [0.1, 0.15) is 29.7 Å². The molecule has 0 saturated carbocycles. The van der Waals surface area contributed by atoms with Gasteiger partial charge in [0.15, 0.2) is 11.5 Å². The Hall–Kier alpha value is -1.09. The molecule has 2 N–H and O–H groups in total. The number of rotatable bonds is 3. The van der Waals surface area contributed by atoms with Gasteiger partial charge in [-0.2, -0.15) is 0 Å². The molecule has 1 aromatic rings. The summed E-state index contributed by atoms with van der Waals surface area (Å²) in [6.07, 6.45) is 0.470. The van der Waals surface area contributed by atoms with E-state index in [9.17, 15) is 4.79 Å². The third kappa shape index (κ3) is 1.68. The van der Waals surface area contributed by atoms with Gasteiger partial charge in [0.2, 0.25) is 0 Å². The Morgan fingerprint density at radius 1 is 1.64 bits per heavy atom. The lowest BCUT2D eigenvalue weighted by atomic mass is 10.2. The van der Waals surface area contributed by atoms with Crippen LogP contribution in [0.15, 0.2) is 16.5 Å². The van der Waals surface area contributed by atoms with Crippen molar-refractivity contribution in [3.63, 3.8) is 0 Å². The lowest BCUT2D eigenvalue weighted by molar-refractivity contribution is 0.0960. The van der Waals surface area contributed by atoms with Gasteiger partial charge in [-0.15, -0.1) is 0 Å². The number of Topliss-reactive ketones (excluding diaryl/α,β-unsaturated/α-hetero) is 1. The molecular weight excluding hydrogens is 142 g/mol. The average Bonchev–Trinajstić information content (AvgIpc) is 2.50. The largest absolute Gasteiger partial charge is 0.457 e. The summed E-state index contributed by atoms with van der Waals surface area (Å²) < 4.78 is 5.11. The molecule has 1 aromatic heterocycles. The smallest absolute Gasteiger partial charge is 0.197 e. The number of furan rings is 1. The molecule has 0 fully saturated rings. The van der Waals surface area contributed by atoms with Gasteiger partial charge in [-0.25, -0.2) is 0 Å². The fourth-order valence-corrected chi connectivity index (χ4v) is 0.812. The van der Waals surface area contributed by atoms with Crippen LogP contribution in [0.25, 0.3) is 0 Å². The van der Waals surface area contributed by atoms with Crippen LogP contribution in [0, 0.1) is 0 Å². The number of carbonyl (C=O) groups is 1. The van der Waals surface area contributed by atoms with Crippen LogP contribution in [0.3, 0.4) is 0 Å². The topological polar surface area (TPSA) is 56.2 Å². The molecule has 0 aliphatic carbocycles. The molecule has 11 heavy (non-hydrogen) atoms. The highest BCUT2D eigenvalue weighted by Crippen LogP contribution is 2.08. The molecular formula is C8H11NO2. The molecule has 0 unspecified atom stereocenters. The van der Waals surface area contributed by atoms with Gasteiger partial charge in [-0.3, -0.25) is 4.79 Å². The second-order valence-electron chi connectivity index (χ2n) is 2.25. The average molecular weight is 153 g/mol. The Balaban J connectivity index is 2.80. The minimum atomic E-state index is 0.0182. The summed E-state index contributed by atoms with van der Waals surface area (Å²) in [5.74, 6) is 1.08. The summed E-state index contributed by atoms with van der Waals surface area (Å²) in [4.78, 5) is 11.0. The minimum absolute atomic E-state index is 0.0182. The quantitative estimate of drug-likeness (QED) is 0.666. The molecule has 60 valence electrons. The van der Waals surface area contributed by atoms with E-state index in [0.29, 0.717) is 24.5 Å². The second kappa shape index (κ2) is 3.34. The van der Waals surface area contributed by atoms with Gasteiger partial charge in [0.1, 0.15) is 5.76 Å². The van der Waals surface area contributed by atoms with Gasteiger partial charge in [0, 0.05) is 6.42 Å². The maximum absolute atomic E-state index is 11.0. The van der Waals surface area contributed by atoms with Crippen LogP contribution >= 0.6 is 0 Å². The van der Waals surface area contributed by atoms with Crippen LogP contribution in [-0.4, -0.2) is 5.78 Å². The molecule has 0 saturated heterocycles. The summed E-state index contributed by atoms with van der Waals surface area (Å²) in [6.45, 7) is 2.14. The zero-order valence-corrected chi connectivity index (χ0v) is 6.46. The van der Waals surface area contributed by atoms with Crippen molar-refractivity contribution < 1.29 is 9.21 Å². The van der Waals surface area contributed by atoms with Gasteiger partial charge in [0.05, 0.1) is 6.54 Å². The number of nitrogens with two attached hydrogens (primary N) is 1. The Morgan fingerprint density at radius 3 is 2.82 bits per heavy atom. The molecule has 0 aliphatic rings. The van der Waals surface area contributed by atoms with E-state index in [1.165, 1.54) is 0 Å². The molecule has 0 spiro atoms. The Labute approximate surface area is 65.2 Å². The van der Waals surface area contributed by atoms with E-state index in [2.05, 4.69) is 0 Å². The standard InChI is InChI=1S/C8H11NO2/c1-2-7(10)8-4-3-6(5-9)11-8/h3-4H,2,5,9H2,1H3. The first-order valence-electron chi connectivity index (χ1n) is 3.60. The van der Waals surface area contributed by atoms with Crippen LogP contribution < -0.4 is 5.73 Å². The van der Waals surface area contributed by atoms with Gasteiger partial charge in [0.25, 0.3) is 0 Å². The van der Waals surface area contributed by atoms with Crippen molar-refractivity contribution in [1.82, 2.24) is 0 Å². The van der Waals surface area contributed by atoms with Gasteiger partial charge in [-0.05, 0) is 12.1 Å². The van der Waals surface area contributed by atoms with Crippen LogP contribution in [0.2, 0.25) is 0 Å². The molecule has 3 nitrogen and oxygen atoms in total. The van der Waals surface area contributed by atoms with Crippen LogP contribution in [0.4, 0.5) is 0 Å². The summed E-state index contributed by atoms with van der Waals surface area (Å²) >= 11 is 0. The summed E-state index contributed by atoms with van der Waals surface area (Å²) in [5.41, 5.74) is 5.30. The van der Waals surface area contributed by atoms with Crippen molar-refractivity contribution in [2.45, 2.75) is 19.9 Å². The van der Waals surface area contributed by atoms with Gasteiger partial charge in [-0.1, -0.05) is 6.92 Å². The lowest BCUT2D eigenvalue weighted by Crippen LogP contribution is -1.95. The van der Waals surface area contributed by atoms with E-state index in [0.717, 1.165) is 0 Å². The van der Waals surface area contributed by atoms with E-state index in [4.69, 9.17) is 10.2 Å². The first kappa shape index (κ1) is 8.01. The lowest BCUT2D eigenvalue weighted by Gasteiger charge is -1.90. The van der Waals surface area contributed by atoms with Crippen LogP contribution in [0.5, 0.6) is 0 Å². The molecule has 0 atom stereocenters. The first-order valence-corrected chi connectivity index (χ1v) is 3.60. The molecule has 1 rings (SSSR count). The number of ketones is 1. The molecule has 0 aromatic carbocycles. The highest BCUT2D eigenvalue weighted by atomic mass is 16.3. The van der Waals surface area contributed by atoms with Crippen molar-refractivity contribution in [3.05, 3.63) is 23.7 Å². The Kier molecular flexibility index (Phi) is 2.44. The number of carbonyl (C=O) groups excluding carboxylic acids is 1. The zero-order valence-electron chi connectivity index (χ0n) is 6.46. The molecule has 0 aliphatic heterocycles. The summed E-state index contributed by atoms with van der Waals surface area (Å²) in [6, 6.07) is 3.39. The Bertz CT molecular complexity index is 252. The zero-order chi connectivity index (χ0) is 8.27. The predicted octanol–water partition coefficient (Wildman–Crippen LogP) is 1.33. The summed E-state index contributed by atoms with van der Waals surface area (Å²) in [5, 5.41) is 0. The fraction of sp³-hybridized carbons (Fsp3) is 0.375. The van der Waals surface area contributed by atoms with Crippen molar-refractivity contribution in [2.75, 3.05) is 0 Å². The molecule has 0 radical (unpaired) electrons. The van der Waals surface area contributed by atoms with E-state index >= 15 is 0 Å². The third-order valence-electron chi connectivity index (χ3n) is 1.46. The minimum Gasteiger partial charge on any atom is -0.457 e. The normalized spacial score (nSPS) is 10.0. The molecule has 0 bridgehead atoms.